The third kappa shape index (κ3) is 3.11. The number of fused-ring (bicyclic) bond motifs is 1. The lowest BCUT2D eigenvalue weighted by Gasteiger charge is -2.08. The molecule has 0 saturated heterocycles. The van der Waals surface area contributed by atoms with Crippen molar-refractivity contribution in [2.75, 3.05) is 0 Å². The SMILES string of the molecule is C#COC(=O)c1ccc(C(=O)Oc2cccc3ccccc23)cc1. The first kappa shape index (κ1) is 15.3. The van der Waals surface area contributed by atoms with Gasteiger partial charge in [-0.1, -0.05) is 42.8 Å². The number of benzene rings is 3. The highest BCUT2D eigenvalue weighted by atomic mass is 16.5. The summed E-state index contributed by atoms with van der Waals surface area (Å²) in [6.07, 6.45) is 6.72. The summed E-state index contributed by atoms with van der Waals surface area (Å²) in [5, 5.41) is 1.83. The van der Waals surface area contributed by atoms with Gasteiger partial charge >= 0.3 is 11.9 Å². The highest BCUT2D eigenvalue weighted by Gasteiger charge is 2.12. The van der Waals surface area contributed by atoms with Gasteiger partial charge in [0.15, 0.2) is 0 Å². The van der Waals surface area contributed by atoms with Gasteiger partial charge in [-0.15, -0.1) is 0 Å². The Hall–Kier alpha value is -3.58. The molecule has 0 fully saturated rings. The van der Waals surface area contributed by atoms with E-state index in [1.54, 1.807) is 6.07 Å². The van der Waals surface area contributed by atoms with Crippen LogP contribution in [0.1, 0.15) is 20.7 Å². The molecule has 4 heteroatoms. The van der Waals surface area contributed by atoms with Crippen LogP contribution in [-0.4, -0.2) is 11.9 Å². The molecular weight excluding hydrogens is 304 g/mol. The molecule has 0 unspecified atom stereocenters. The summed E-state index contributed by atoms with van der Waals surface area (Å²) in [4.78, 5) is 23.8. The maximum absolute atomic E-state index is 12.3. The molecule has 0 aliphatic heterocycles. The molecule has 0 spiro atoms. The van der Waals surface area contributed by atoms with E-state index in [4.69, 9.17) is 11.2 Å². The Balaban J connectivity index is 1.82. The van der Waals surface area contributed by atoms with Gasteiger partial charge in [-0.3, -0.25) is 0 Å². The van der Waals surface area contributed by atoms with Crippen LogP contribution >= 0.6 is 0 Å². The van der Waals surface area contributed by atoms with Crippen LogP contribution in [0.25, 0.3) is 10.8 Å². The summed E-state index contributed by atoms with van der Waals surface area (Å²) < 4.78 is 9.92. The van der Waals surface area contributed by atoms with E-state index in [-0.39, 0.29) is 5.56 Å². The third-order valence-electron chi connectivity index (χ3n) is 3.46. The normalized spacial score (nSPS) is 9.96. The van der Waals surface area contributed by atoms with Gasteiger partial charge in [-0.2, -0.15) is 0 Å². The molecule has 0 radical (unpaired) electrons. The second-order valence-corrected chi connectivity index (χ2v) is 4.95. The fraction of sp³-hybridized carbons (Fsp3) is 0. The van der Waals surface area contributed by atoms with Crippen molar-refractivity contribution in [1.82, 2.24) is 0 Å². The first-order valence-electron chi connectivity index (χ1n) is 7.16. The van der Waals surface area contributed by atoms with Gasteiger partial charge in [-0.25, -0.2) is 9.59 Å². The van der Waals surface area contributed by atoms with Crippen LogP contribution in [0.2, 0.25) is 0 Å². The fourth-order valence-corrected chi connectivity index (χ4v) is 2.30. The second-order valence-electron chi connectivity index (χ2n) is 4.95. The quantitative estimate of drug-likeness (QED) is 0.419. The van der Waals surface area contributed by atoms with Gasteiger partial charge < -0.3 is 9.47 Å². The van der Waals surface area contributed by atoms with Gasteiger partial charge in [0.25, 0.3) is 0 Å². The Morgan fingerprint density at radius 1 is 0.792 bits per heavy atom. The summed E-state index contributed by atoms with van der Waals surface area (Å²) in [6, 6.07) is 19.0. The van der Waals surface area contributed by atoms with Crippen LogP contribution < -0.4 is 4.74 Å². The zero-order valence-electron chi connectivity index (χ0n) is 12.6. The molecule has 3 rings (SSSR count). The molecule has 24 heavy (non-hydrogen) atoms. The van der Waals surface area contributed by atoms with Crippen LogP contribution in [0.15, 0.2) is 66.7 Å². The molecule has 3 aromatic rings. The predicted octanol–water partition coefficient (Wildman–Crippen LogP) is 3.81. The van der Waals surface area contributed by atoms with Crippen molar-refractivity contribution in [1.29, 1.82) is 0 Å². The van der Waals surface area contributed by atoms with Crippen molar-refractivity contribution >= 4 is 22.7 Å². The van der Waals surface area contributed by atoms with Crippen LogP contribution in [0.3, 0.4) is 0 Å². The minimum Gasteiger partial charge on any atom is -0.422 e. The molecule has 0 saturated carbocycles. The fourth-order valence-electron chi connectivity index (χ4n) is 2.30. The number of hydrogen-bond acceptors (Lipinski definition) is 4. The van der Waals surface area contributed by atoms with E-state index < -0.39 is 11.9 Å². The van der Waals surface area contributed by atoms with Crippen molar-refractivity contribution in [2.45, 2.75) is 0 Å². The molecule has 0 aromatic heterocycles. The number of hydrogen-bond donors (Lipinski definition) is 0. The van der Waals surface area contributed by atoms with E-state index in [0.29, 0.717) is 11.3 Å². The van der Waals surface area contributed by atoms with Crippen molar-refractivity contribution < 1.29 is 19.1 Å². The molecule has 116 valence electrons. The number of ether oxygens (including phenoxy) is 2. The van der Waals surface area contributed by atoms with Crippen LogP contribution in [0, 0.1) is 12.5 Å². The zero-order chi connectivity index (χ0) is 16.9. The van der Waals surface area contributed by atoms with Gasteiger partial charge in [0.2, 0.25) is 0 Å². The van der Waals surface area contributed by atoms with E-state index in [0.717, 1.165) is 10.8 Å². The first-order valence-corrected chi connectivity index (χ1v) is 7.16. The maximum atomic E-state index is 12.3. The van der Waals surface area contributed by atoms with E-state index >= 15 is 0 Å². The Kier molecular flexibility index (Phi) is 4.26. The number of rotatable bonds is 3. The predicted molar refractivity (Wildman–Crippen MR) is 89.6 cm³/mol. The minimum atomic E-state index is -0.647. The summed E-state index contributed by atoms with van der Waals surface area (Å²) in [5.41, 5.74) is 0.579. The molecule has 0 aliphatic rings. The molecule has 3 aromatic carbocycles. The average molecular weight is 316 g/mol. The lowest BCUT2D eigenvalue weighted by molar-refractivity contribution is 0.0687. The van der Waals surface area contributed by atoms with Crippen molar-refractivity contribution in [2.24, 2.45) is 0 Å². The minimum absolute atomic E-state index is 0.259. The van der Waals surface area contributed by atoms with Crippen molar-refractivity contribution in [3.05, 3.63) is 77.9 Å². The molecule has 0 amide bonds. The zero-order valence-corrected chi connectivity index (χ0v) is 12.6. The van der Waals surface area contributed by atoms with Crippen molar-refractivity contribution in [3.63, 3.8) is 0 Å². The van der Waals surface area contributed by atoms with Gasteiger partial charge in [0, 0.05) is 5.39 Å². The highest BCUT2D eigenvalue weighted by molar-refractivity contribution is 5.97. The van der Waals surface area contributed by atoms with E-state index in [9.17, 15) is 9.59 Å². The standard InChI is InChI=1S/C20H12O4/c1-2-23-19(21)15-10-12-16(13-11-15)20(22)24-18-9-5-7-14-6-3-4-8-17(14)18/h1,3-13H. The van der Waals surface area contributed by atoms with E-state index in [1.165, 1.54) is 24.3 Å². The number of terminal acetylenes is 1. The molecule has 0 N–H and O–H groups in total. The third-order valence-corrected chi connectivity index (χ3v) is 3.46. The van der Waals surface area contributed by atoms with Crippen LogP contribution in [0.4, 0.5) is 0 Å². The lowest BCUT2D eigenvalue weighted by Crippen LogP contribution is -2.09. The molecule has 0 bridgehead atoms. The summed E-state index contributed by atoms with van der Waals surface area (Å²) in [6.45, 7) is 0. The first-order chi connectivity index (χ1) is 11.7. The topological polar surface area (TPSA) is 52.6 Å². The average Bonchev–Trinajstić information content (AvgIpc) is 2.62. The highest BCUT2D eigenvalue weighted by Crippen LogP contribution is 2.26. The van der Waals surface area contributed by atoms with E-state index in [1.807, 2.05) is 42.5 Å². The van der Waals surface area contributed by atoms with Gasteiger partial charge in [-0.05, 0) is 35.7 Å². The molecule has 0 atom stereocenters. The van der Waals surface area contributed by atoms with Gasteiger partial charge in [0.05, 0.1) is 11.1 Å². The summed E-state index contributed by atoms with van der Waals surface area (Å²) in [5.74, 6) is -0.677. The smallest absolute Gasteiger partial charge is 0.352 e. The number of carbonyl (C=O) groups excluding carboxylic acids is 2. The number of carbonyl (C=O) groups is 2. The molecular formula is C20H12O4. The lowest BCUT2D eigenvalue weighted by atomic mass is 10.1. The van der Waals surface area contributed by atoms with Crippen LogP contribution in [-0.2, 0) is 4.74 Å². The molecule has 4 nitrogen and oxygen atoms in total. The molecule has 0 aliphatic carbocycles. The summed E-state index contributed by atoms with van der Waals surface area (Å²) in [7, 11) is 0. The second kappa shape index (κ2) is 6.67. The number of esters is 2. The van der Waals surface area contributed by atoms with E-state index in [2.05, 4.69) is 4.74 Å². The van der Waals surface area contributed by atoms with Crippen LogP contribution in [0.5, 0.6) is 5.75 Å². The van der Waals surface area contributed by atoms with Crippen molar-refractivity contribution in [3.8, 4) is 18.3 Å². The Labute approximate surface area is 138 Å². The maximum Gasteiger partial charge on any atom is 0.352 e. The Bertz CT molecular complexity index is 944. The molecule has 0 heterocycles. The summed E-state index contributed by atoms with van der Waals surface area (Å²) >= 11 is 0. The Morgan fingerprint density at radius 2 is 1.42 bits per heavy atom. The van der Waals surface area contributed by atoms with Gasteiger partial charge in [0.1, 0.15) is 11.9 Å². The Morgan fingerprint density at radius 3 is 2.12 bits per heavy atom. The largest absolute Gasteiger partial charge is 0.422 e. The monoisotopic (exact) mass is 316 g/mol.